The van der Waals surface area contributed by atoms with Crippen molar-refractivity contribution in [3.05, 3.63) is 93.5 Å². The van der Waals surface area contributed by atoms with Crippen LogP contribution < -0.4 is 10.1 Å². The first-order valence-electron chi connectivity index (χ1n) is 9.11. The summed E-state index contributed by atoms with van der Waals surface area (Å²) in [6.07, 6.45) is 1.78. The second-order valence-electron chi connectivity index (χ2n) is 6.55. The van der Waals surface area contributed by atoms with Crippen LogP contribution in [0.1, 0.15) is 16.7 Å². The standard InChI is InChI=1S/C24H18Cl2N2O2/c1-16-2-9-21(13-23(16)26)28-24(29)15-30-22-10-3-17(4-11-22)12-19(14-27)18-5-7-20(25)8-6-18/h2-13H,15H2,1H3,(H,28,29)/b19-12+. The van der Waals surface area contributed by atoms with Crippen LogP contribution in [0, 0.1) is 18.3 Å². The first-order valence-corrected chi connectivity index (χ1v) is 9.87. The van der Waals surface area contributed by atoms with Gasteiger partial charge in [0.1, 0.15) is 5.75 Å². The Balaban J connectivity index is 1.60. The summed E-state index contributed by atoms with van der Waals surface area (Å²) in [7, 11) is 0. The number of allylic oxidation sites excluding steroid dienone is 1. The first kappa shape index (κ1) is 21.4. The molecule has 6 heteroatoms. The SMILES string of the molecule is Cc1ccc(NC(=O)COc2ccc(/C=C(\C#N)c3ccc(Cl)cc3)cc2)cc1Cl. The fraction of sp³-hybridized carbons (Fsp3) is 0.0833. The van der Waals surface area contributed by atoms with Crippen LogP contribution in [0.15, 0.2) is 66.7 Å². The van der Waals surface area contributed by atoms with Gasteiger partial charge in [0.2, 0.25) is 0 Å². The monoisotopic (exact) mass is 436 g/mol. The quantitative estimate of drug-likeness (QED) is 0.359. The van der Waals surface area contributed by atoms with Gasteiger partial charge in [-0.3, -0.25) is 4.79 Å². The van der Waals surface area contributed by atoms with Gasteiger partial charge in [-0.1, -0.05) is 53.5 Å². The van der Waals surface area contributed by atoms with Gasteiger partial charge in [0.05, 0.1) is 11.6 Å². The van der Waals surface area contributed by atoms with Gasteiger partial charge in [-0.15, -0.1) is 0 Å². The first-order chi connectivity index (χ1) is 14.4. The fourth-order valence-corrected chi connectivity index (χ4v) is 2.96. The Morgan fingerprint density at radius 2 is 1.77 bits per heavy atom. The number of benzene rings is 3. The normalized spacial score (nSPS) is 10.9. The number of anilines is 1. The average Bonchev–Trinajstić information content (AvgIpc) is 2.75. The summed E-state index contributed by atoms with van der Waals surface area (Å²) in [5.41, 5.74) is 3.71. The van der Waals surface area contributed by atoms with Gasteiger partial charge < -0.3 is 10.1 Å². The Morgan fingerprint density at radius 1 is 1.07 bits per heavy atom. The van der Waals surface area contributed by atoms with Crippen molar-refractivity contribution in [1.82, 2.24) is 0 Å². The molecule has 30 heavy (non-hydrogen) atoms. The topological polar surface area (TPSA) is 62.1 Å². The average molecular weight is 437 g/mol. The molecule has 1 amide bonds. The number of carbonyl (C=O) groups excluding carboxylic acids is 1. The van der Waals surface area contributed by atoms with Crippen molar-refractivity contribution < 1.29 is 9.53 Å². The van der Waals surface area contributed by atoms with E-state index in [-0.39, 0.29) is 12.5 Å². The molecule has 150 valence electrons. The summed E-state index contributed by atoms with van der Waals surface area (Å²) >= 11 is 12.0. The number of nitrogens with zero attached hydrogens (tertiary/aromatic N) is 1. The molecule has 0 atom stereocenters. The molecule has 0 saturated heterocycles. The molecule has 4 nitrogen and oxygen atoms in total. The van der Waals surface area contributed by atoms with Gasteiger partial charge in [-0.2, -0.15) is 5.26 Å². The molecule has 0 saturated carbocycles. The Kier molecular flexibility index (Phi) is 7.13. The smallest absolute Gasteiger partial charge is 0.262 e. The summed E-state index contributed by atoms with van der Waals surface area (Å²) < 4.78 is 5.53. The minimum absolute atomic E-state index is 0.130. The molecule has 3 aromatic rings. The number of nitriles is 1. The summed E-state index contributed by atoms with van der Waals surface area (Å²) in [4.78, 5) is 12.1. The predicted octanol–water partition coefficient (Wildman–Crippen LogP) is 6.38. The molecule has 0 fully saturated rings. The molecule has 0 aromatic heterocycles. The van der Waals surface area contributed by atoms with E-state index >= 15 is 0 Å². The molecule has 0 bridgehead atoms. The van der Waals surface area contributed by atoms with E-state index in [2.05, 4.69) is 11.4 Å². The number of halogens is 2. The van der Waals surface area contributed by atoms with E-state index < -0.39 is 0 Å². The van der Waals surface area contributed by atoms with Gasteiger partial charge >= 0.3 is 0 Å². The highest BCUT2D eigenvalue weighted by atomic mass is 35.5. The number of nitrogens with one attached hydrogen (secondary N) is 1. The fourth-order valence-electron chi connectivity index (χ4n) is 2.65. The van der Waals surface area contributed by atoms with E-state index in [0.29, 0.717) is 27.1 Å². The molecule has 3 rings (SSSR count). The van der Waals surface area contributed by atoms with Gasteiger partial charge in [0, 0.05) is 15.7 Å². The highest BCUT2D eigenvalue weighted by Gasteiger charge is 2.06. The maximum absolute atomic E-state index is 12.1. The van der Waals surface area contributed by atoms with Crippen molar-refractivity contribution in [3.63, 3.8) is 0 Å². The molecule has 0 heterocycles. The summed E-state index contributed by atoms with van der Waals surface area (Å²) in [6, 6.07) is 21.7. The highest BCUT2D eigenvalue weighted by Crippen LogP contribution is 2.22. The third kappa shape index (κ3) is 5.87. The summed E-state index contributed by atoms with van der Waals surface area (Å²) in [5.74, 6) is 0.266. The zero-order chi connectivity index (χ0) is 21.5. The largest absolute Gasteiger partial charge is 0.484 e. The molecule has 0 radical (unpaired) electrons. The maximum Gasteiger partial charge on any atom is 0.262 e. The molecule has 1 N–H and O–H groups in total. The van der Waals surface area contributed by atoms with Crippen LogP contribution in [0.4, 0.5) is 5.69 Å². The maximum atomic E-state index is 12.1. The summed E-state index contributed by atoms with van der Waals surface area (Å²) in [6.45, 7) is 1.76. The number of carbonyl (C=O) groups is 1. The van der Waals surface area contributed by atoms with Crippen LogP contribution in [0.5, 0.6) is 5.75 Å². The molecule has 0 unspecified atom stereocenters. The van der Waals surface area contributed by atoms with Crippen molar-refractivity contribution in [1.29, 1.82) is 5.26 Å². The minimum atomic E-state index is -0.284. The third-order valence-electron chi connectivity index (χ3n) is 4.29. The number of hydrogen-bond acceptors (Lipinski definition) is 3. The van der Waals surface area contributed by atoms with Gasteiger partial charge in [-0.25, -0.2) is 0 Å². The highest BCUT2D eigenvalue weighted by molar-refractivity contribution is 6.31. The van der Waals surface area contributed by atoms with Gasteiger partial charge in [-0.05, 0) is 66.1 Å². The lowest BCUT2D eigenvalue weighted by Gasteiger charge is -2.09. The molecular formula is C24H18Cl2N2O2. The molecule has 3 aromatic carbocycles. The van der Waals surface area contributed by atoms with E-state index in [0.717, 1.165) is 16.7 Å². The second-order valence-corrected chi connectivity index (χ2v) is 7.39. The Hall–Kier alpha value is -3.26. The lowest BCUT2D eigenvalue weighted by atomic mass is 10.0. The lowest BCUT2D eigenvalue weighted by Crippen LogP contribution is -2.20. The van der Waals surface area contributed by atoms with Crippen molar-refractivity contribution in [2.24, 2.45) is 0 Å². The van der Waals surface area contributed by atoms with Crippen molar-refractivity contribution >= 4 is 46.4 Å². The van der Waals surface area contributed by atoms with Gasteiger partial charge in [0.15, 0.2) is 6.61 Å². The Bertz CT molecular complexity index is 1120. The molecule has 0 aliphatic rings. The van der Waals surface area contributed by atoms with Crippen molar-refractivity contribution in [3.8, 4) is 11.8 Å². The van der Waals surface area contributed by atoms with Crippen molar-refractivity contribution in [2.75, 3.05) is 11.9 Å². The molecule has 0 aliphatic carbocycles. The number of aryl methyl sites for hydroxylation is 1. The zero-order valence-corrected chi connectivity index (χ0v) is 17.7. The molecule has 0 spiro atoms. The van der Waals surface area contributed by atoms with Crippen LogP contribution in [0.3, 0.4) is 0 Å². The molecular weight excluding hydrogens is 419 g/mol. The van der Waals surface area contributed by atoms with E-state index in [4.69, 9.17) is 27.9 Å². The van der Waals surface area contributed by atoms with Crippen LogP contribution in [-0.4, -0.2) is 12.5 Å². The number of amides is 1. The van der Waals surface area contributed by atoms with Crippen molar-refractivity contribution in [2.45, 2.75) is 6.92 Å². The predicted molar refractivity (Wildman–Crippen MR) is 122 cm³/mol. The van der Waals surface area contributed by atoms with Crippen LogP contribution in [0.2, 0.25) is 10.0 Å². The minimum Gasteiger partial charge on any atom is -0.484 e. The molecule has 0 aliphatic heterocycles. The van der Waals surface area contributed by atoms with Crippen LogP contribution in [0.25, 0.3) is 11.6 Å². The van der Waals surface area contributed by atoms with Crippen LogP contribution >= 0.6 is 23.2 Å². The second kappa shape index (κ2) is 9.98. The Labute approximate surface area is 185 Å². The third-order valence-corrected chi connectivity index (χ3v) is 4.95. The Morgan fingerprint density at radius 3 is 2.40 bits per heavy atom. The van der Waals surface area contributed by atoms with E-state index in [1.54, 1.807) is 54.6 Å². The number of hydrogen-bond donors (Lipinski definition) is 1. The van der Waals surface area contributed by atoms with E-state index in [1.807, 2.05) is 25.1 Å². The van der Waals surface area contributed by atoms with E-state index in [9.17, 15) is 10.1 Å². The summed E-state index contributed by atoms with van der Waals surface area (Å²) in [5, 5.41) is 13.4. The zero-order valence-electron chi connectivity index (χ0n) is 16.2. The number of rotatable bonds is 6. The van der Waals surface area contributed by atoms with E-state index in [1.165, 1.54) is 0 Å². The van der Waals surface area contributed by atoms with Gasteiger partial charge in [0.25, 0.3) is 5.91 Å². The lowest BCUT2D eigenvalue weighted by molar-refractivity contribution is -0.118. The van der Waals surface area contributed by atoms with Crippen LogP contribution in [-0.2, 0) is 4.79 Å². The number of ether oxygens (including phenoxy) is 1.